The predicted molar refractivity (Wildman–Crippen MR) is 213 cm³/mol. The van der Waals surface area contributed by atoms with Crippen LogP contribution in [0.15, 0.2) is 174 Å². The molecule has 6 heteroatoms. The molecule has 0 unspecified atom stereocenters. The predicted octanol–water partition coefficient (Wildman–Crippen LogP) is 12.4. The van der Waals surface area contributed by atoms with Crippen LogP contribution < -0.4 is 0 Å². The zero-order valence-corrected chi connectivity index (χ0v) is 28.6. The second-order valence-electron chi connectivity index (χ2n) is 12.7. The molecule has 0 aliphatic carbocycles. The van der Waals surface area contributed by atoms with Gasteiger partial charge in [-0.2, -0.15) is 0 Å². The summed E-state index contributed by atoms with van der Waals surface area (Å²) in [4.78, 5) is 19.9. The van der Waals surface area contributed by atoms with Gasteiger partial charge in [0.25, 0.3) is 0 Å². The van der Waals surface area contributed by atoms with Crippen LogP contribution in [0.25, 0.3) is 99.1 Å². The number of aromatic nitrogens is 4. The fourth-order valence-corrected chi connectivity index (χ4v) is 7.75. The van der Waals surface area contributed by atoms with Gasteiger partial charge in [0.15, 0.2) is 17.5 Å². The molecule has 10 rings (SSSR count). The van der Waals surface area contributed by atoms with Crippen LogP contribution in [0, 0.1) is 0 Å². The number of furan rings is 1. The first-order chi connectivity index (χ1) is 25.7. The van der Waals surface area contributed by atoms with Crippen LogP contribution in [-0.2, 0) is 0 Å². The van der Waals surface area contributed by atoms with E-state index in [9.17, 15) is 0 Å². The molecule has 0 atom stereocenters. The maximum Gasteiger partial charge on any atom is 0.164 e. The van der Waals surface area contributed by atoms with Gasteiger partial charge in [-0.15, -0.1) is 11.3 Å². The van der Waals surface area contributed by atoms with Crippen molar-refractivity contribution in [1.29, 1.82) is 0 Å². The van der Waals surface area contributed by atoms with Gasteiger partial charge in [-0.05, 0) is 52.6 Å². The highest BCUT2D eigenvalue weighted by Gasteiger charge is 2.18. The van der Waals surface area contributed by atoms with Crippen molar-refractivity contribution >= 4 is 43.5 Å². The minimum absolute atomic E-state index is 0.596. The fourth-order valence-electron chi connectivity index (χ4n) is 6.78. The molecule has 3 heterocycles. The molecular formula is C46H28N4OS. The number of para-hydroxylation sites is 1. The monoisotopic (exact) mass is 684 g/mol. The van der Waals surface area contributed by atoms with Crippen LogP contribution in [0.5, 0.6) is 0 Å². The van der Waals surface area contributed by atoms with Gasteiger partial charge in [-0.25, -0.2) is 19.9 Å². The normalized spacial score (nSPS) is 11.5. The highest BCUT2D eigenvalue weighted by Crippen LogP contribution is 2.39. The van der Waals surface area contributed by atoms with E-state index in [1.54, 1.807) is 11.3 Å². The largest absolute Gasteiger partial charge is 0.456 e. The van der Waals surface area contributed by atoms with E-state index in [-0.39, 0.29) is 0 Å². The van der Waals surface area contributed by atoms with Gasteiger partial charge in [0.05, 0.1) is 10.2 Å². The second kappa shape index (κ2) is 12.5. The summed E-state index contributed by atoms with van der Waals surface area (Å²) in [5.74, 6) is 1.83. The molecule has 5 nitrogen and oxygen atoms in total. The quantitative estimate of drug-likeness (QED) is 0.174. The molecule has 0 aliphatic heterocycles. The Labute approximate surface area is 303 Å². The molecule has 0 N–H and O–H groups in total. The average Bonchev–Trinajstić information content (AvgIpc) is 3.83. The molecule has 3 aromatic heterocycles. The van der Waals surface area contributed by atoms with Crippen molar-refractivity contribution in [2.24, 2.45) is 0 Å². The van der Waals surface area contributed by atoms with Crippen molar-refractivity contribution in [3.8, 4) is 67.0 Å². The summed E-state index contributed by atoms with van der Waals surface area (Å²) in [7, 11) is 0. The molecule has 10 aromatic rings. The van der Waals surface area contributed by atoms with E-state index in [2.05, 4.69) is 115 Å². The molecule has 0 fully saturated rings. The van der Waals surface area contributed by atoms with E-state index >= 15 is 0 Å². The highest BCUT2D eigenvalue weighted by molar-refractivity contribution is 7.21. The summed E-state index contributed by atoms with van der Waals surface area (Å²) in [5, 5.41) is 3.01. The molecular weight excluding hydrogens is 657 g/mol. The standard InChI is InChI=1S/C46H28N4OS/c1-3-10-29(11-4-1)30-18-22-33(23-19-30)44-48-43(32-12-5-2-6-13-32)49-45(50-44)37-14-9-16-39-42(37)36-27-26-35(28-40(36)51-39)31-20-24-34(25-21-31)46-47-38-15-7-8-17-41(38)52-46/h1-28H. The van der Waals surface area contributed by atoms with Gasteiger partial charge in [-0.1, -0.05) is 140 Å². The van der Waals surface area contributed by atoms with Crippen LogP contribution in [-0.4, -0.2) is 19.9 Å². The Morgan fingerprint density at radius 2 is 0.942 bits per heavy atom. The van der Waals surface area contributed by atoms with Crippen molar-refractivity contribution in [2.75, 3.05) is 0 Å². The number of hydrogen-bond donors (Lipinski definition) is 0. The Morgan fingerprint density at radius 1 is 0.385 bits per heavy atom. The van der Waals surface area contributed by atoms with Crippen molar-refractivity contribution in [1.82, 2.24) is 19.9 Å². The second-order valence-corrected chi connectivity index (χ2v) is 13.7. The van der Waals surface area contributed by atoms with Crippen molar-refractivity contribution in [3.05, 3.63) is 170 Å². The first-order valence-electron chi connectivity index (χ1n) is 17.1. The maximum absolute atomic E-state index is 6.51. The molecule has 0 bridgehead atoms. The van der Waals surface area contributed by atoms with Gasteiger partial charge in [-0.3, -0.25) is 0 Å². The number of hydrogen-bond acceptors (Lipinski definition) is 6. The first-order valence-corrected chi connectivity index (χ1v) is 17.9. The van der Waals surface area contributed by atoms with E-state index in [0.717, 1.165) is 71.4 Å². The van der Waals surface area contributed by atoms with E-state index < -0.39 is 0 Å². The summed E-state index contributed by atoms with van der Waals surface area (Å²) in [6.07, 6.45) is 0. The molecule has 0 amide bonds. The summed E-state index contributed by atoms with van der Waals surface area (Å²) in [6.45, 7) is 0. The highest BCUT2D eigenvalue weighted by atomic mass is 32.1. The number of rotatable bonds is 6. The number of benzene rings is 7. The van der Waals surface area contributed by atoms with Crippen molar-refractivity contribution < 1.29 is 4.42 Å². The number of nitrogens with zero attached hydrogens (tertiary/aromatic N) is 4. The van der Waals surface area contributed by atoms with E-state index in [4.69, 9.17) is 24.4 Å². The third kappa shape index (κ3) is 5.43. The lowest BCUT2D eigenvalue weighted by Gasteiger charge is -2.10. The molecule has 7 aromatic carbocycles. The first kappa shape index (κ1) is 30.1. The van der Waals surface area contributed by atoms with Gasteiger partial charge in [0, 0.05) is 33.0 Å². The smallest absolute Gasteiger partial charge is 0.164 e. The Hall–Kier alpha value is -6.76. The van der Waals surface area contributed by atoms with Crippen molar-refractivity contribution in [2.45, 2.75) is 0 Å². The molecule has 0 spiro atoms. The molecule has 0 aliphatic rings. The summed E-state index contributed by atoms with van der Waals surface area (Å²) < 4.78 is 7.70. The van der Waals surface area contributed by atoms with E-state index in [1.165, 1.54) is 10.3 Å². The summed E-state index contributed by atoms with van der Waals surface area (Å²) in [5.41, 5.74) is 11.0. The third-order valence-corrected chi connectivity index (χ3v) is 10.5. The number of fused-ring (bicyclic) bond motifs is 4. The zero-order valence-electron chi connectivity index (χ0n) is 27.8. The number of thiazole rings is 1. The van der Waals surface area contributed by atoms with Gasteiger partial charge < -0.3 is 4.42 Å². The van der Waals surface area contributed by atoms with Crippen LogP contribution >= 0.6 is 11.3 Å². The van der Waals surface area contributed by atoms with Crippen molar-refractivity contribution in [3.63, 3.8) is 0 Å². The zero-order chi connectivity index (χ0) is 34.4. The third-order valence-electron chi connectivity index (χ3n) is 9.41. The molecule has 52 heavy (non-hydrogen) atoms. The summed E-state index contributed by atoms with van der Waals surface area (Å²) in [6, 6.07) is 58.2. The molecule has 0 radical (unpaired) electrons. The Bertz CT molecular complexity index is 2850. The van der Waals surface area contributed by atoms with Crippen LogP contribution in [0.1, 0.15) is 0 Å². The van der Waals surface area contributed by atoms with Gasteiger partial charge in [0.2, 0.25) is 0 Å². The van der Waals surface area contributed by atoms with Crippen LogP contribution in [0.4, 0.5) is 0 Å². The lowest BCUT2D eigenvalue weighted by molar-refractivity contribution is 0.669. The van der Waals surface area contributed by atoms with E-state index in [0.29, 0.717) is 17.5 Å². The lowest BCUT2D eigenvalue weighted by atomic mass is 10.0. The average molecular weight is 685 g/mol. The lowest BCUT2D eigenvalue weighted by Crippen LogP contribution is -2.00. The maximum atomic E-state index is 6.51. The van der Waals surface area contributed by atoms with Crippen LogP contribution in [0.3, 0.4) is 0 Å². The minimum atomic E-state index is 0.596. The minimum Gasteiger partial charge on any atom is -0.456 e. The Kier molecular flexibility index (Phi) is 7.25. The Balaban J connectivity index is 1.05. The molecule has 0 saturated heterocycles. The van der Waals surface area contributed by atoms with E-state index in [1.807, 2.05) is 54.6 Å². The molecule has 0 saturated carbocycles. The van der Waals surface area contributed by atoms with Gasteiger partial charge >= 0.3 is 0 Å². The SMILES string of the molecule is c1ccc(-c2ccc(-c3nc(-c4ccccc4)nc(-c4cccc5oc6cc(-c7ccc(-c8nc9ccccc9s8)cc7)ccc6c45)n3)cc2)cc1. The fraction of sp³-hybridized carbons (Fsp3) is 0. The Morgan fingerprint density at radius 3 is 1.67 bits per heavy atom. The van der Waals surface area contributed by atoms with Gasteiger partial charge in [0.1, 0.15) is 16.2 Å². The summed E-state index contributed by atoms with van der Waals surface area (Å²) >= 11 is 1.71. The topological polar surface area (TPSA) is 64.7 Å². The van der Waals surface area contributed by atoms with Crippen LogP contribution in [0.2, 0.25) is 0 Å². The molecule has 244 valence electrons.